The van der Waals surface area contributed by atoms with E-state index in [1.807, 2.05) is 0 Å². The standard InChI is InChI=1S/C12H8BrF2NO3/c13-7-3-9(15)10(4-8(7)14)16-5-6-1-2-11(19-6)12(17)18/h1-4,16H,5H2,(H,17,18). The smallest absolute Gasteiger partial charge is 0.371 e. The Balaban J connectivity index is 2.09. The Morgan fingerprint density at radius 3 is 2.68 bits per heavy atom. The molecule has 1 heterocycles. The maximum absolute atomic E-state index is 13.5. The zero-order valence-corrected chi connectivity index (χ0v) is 11.0. The van der Waals surface area contributed by atoms with Crippen LogP contribution in [0.15, 0.2) is 33.2 Å². The van der Waals surface area contributed by atoms with E-state index >= 15 is 0 Å². The van der Waals surface area contributed by atoms with Crippen LogP contribution in [-0.2, 0) is 6.54 Å². The number of nitrogens with one attached hydrogen (secondary N) is 1. The number of halogens is 3. The first-order valence-electron chi connectivity index (χ1n) is 5.18. The number of hydrogen-bond acceptors (Lipinski definition) is 3. The summed E-state index contributed by atoms with van der Waals surface area (Å²) >= 11 is 2.87. The SMILES string of the molecule is O=C(O)c1ccc(CNc2cc(F)c(Br)cc2F)o1. The summed E-state index contributed by atoms with van der Waals surface area (Å²) < 4.78 is 31.7. The van der Waals surface area contributed by atoms with Crippen LogP contribution in [0, 0.1) is 11.6 Å². The summed E-state index contributed by atoms with van der Waals surface area (Å²) in [6, 6.07) is 4.74. The van der Waals surface area contributed by atoms with Gasteiger partial charge in [0, 0.05) is 6.07 Å². The predicted molar refractivity (Wildman–Crippen MR) is 67.1 cm³/mol. The highest BCUT2D eigenvalue weighted by atomic mass is 79.9. The molecule has 2 N–H and O–H groups in total. The van der Waals surface area contributed by atoms with Crippen LogP contribution >= 0.6 is 15.9 Å². The van der Waals surface area contributed by atoms with Crippen LogP contribution in [0.4, 0.5) is 14.5 Å². The highest BCUT2D eigenvalue weighted by Gasteiger charge is 2.11. The number of carboxylic acid groups (broad SMARTS) is 1. The first-order chi connectivity index (χ1) is 8.97. The lowest BCUT2D eigenvalue weighted by Crippen LogP contribution is -2.01. The van der Waals surface area contributed by atoms with Crippen LogP contribution in [0.5, 0.6) is 0 Å². The van der Waals surface area contributed by atoms with Crippen molar-refractivity contribution < 1.29 is 23.1 Å². The first kappa shape index (κ1) is 13.5. The normalized spacial score (nSPS) is 10.5. The van der Waals surface area contributed by atoms with Crippen LogP contribution < -0.4 is 5.32 Å². The molecule has 0 fully saturated rings. The highest BCUT2D eigenvalue weighted by molar-refractivity contribution is 9.10. The highest BCUT2D eigenvalue weighted by Crippen LogP contribution is 2.23. The summed E-state index contributed by atoms with van der Waals surface area (Å²) in [6.07, 6.45) is 0. The van der Waals surface area contributed by atoms with Gasteiger partial charge in [-0.15, -0.1) is 0 Å². The van der Waals surface area contributed by atoms with Gasteiger partial charge < -0.3 is 14.8 Å². The average molecular weight is 332 g/mol. The van der Waals surface area contributed by atoms with Gasteiger partial charge in [-0.25, -0.2) is 13.6 Å². The van der Waals surface area contributed by atoms with Gasteiger partial charge >= 0.3 is 5.97 Å². The number of anilines is 1. The molecular formula is C12H8BrF2NO3. The lowest BCUT2D eigenvalue weighted by Gasteiger charge is -2.06. The van der Waals surface area contributed by atoms with E-state index in [9.17, 15) is 13.6 Å². The molecule has 0 aliphatic rings. The second-order valence-electron chi connectivity index (χ2n) is 3.67. The molecule has 0 aliphatic heterocycles. The number of carbonyl (C=O) groups is 1. The molecule has 1 aromatic carbocycles. The van der Waals surface area contributed by atoms with E-state index in [4.69, 9.17) is 9.52 Å². The molecular weight excluding hydrogens is 324 g/mol. The fraction of sp³-hybridized carbons (Fsp3) is 0.0833. The number of rotatable bonds is 4. The third-order valence-corrected chi connectivity index (χ3v) is 2.94. The molecule has 2 aromatic rings. The fourth-order valence-corrected chi connectivity index (χ4v) is 1.74. The molecule has 4 nitrogen and oxygen atoms in total. The van der Waals surface area contributed by atoms with Gasteiger partial charge in [0.1, 0.15) is 17.4 Å². The summed E-state index contributed by atoms with van der Waals surface area (Å²) in [7, 11) is 0. The van der Waals surface area contributed by atoms with Crippen LogP contribution in [0.25, 0.3) is 0 Å². The van der Waals surface area contributed by atoms with Gasteiger partial charge in [0.2, 0.25) is 5.76 Å². The van der Waals surface area contributed by atoms with E-state index in [2.05, 4.69) is 21.2 Å². The summed E-state index contributed by atoms with van der Waals surface area (Å²) in [5.74, 6) is -2.32. The van der Waals surface area contributed by atoms with Crippen molar-refractivity contribution in [2.75, 3.05) is 5.32 Å². The molecule has 2 rings (SSSR count). The predicted octanol–water partition coefficient (Wildman–Crippen LogP) is 3.63. The van der Waals surface area contributed by atoms with Gasteiger partial charge in [-0.2, -0.15) is 0 Å². The maximum Gasteiger partial charge on any atom is 0.371 e. The van der Waals surface area contributed by atoms with E-state index in [0.29, 0.717) is 5.76 Å². The summed E-state index contributed by atoms with van der Waals surface area (Å²) in [4.78, 5) is 10.6. The van der Waals surface area contributed by atoms with Gasteiger partial charge in [-0.05, 0) is 34.1 Å². The monoisotopic (exact) mass is 331 g/mol. The molecule has 0 spiro atoms. The molecule has 0 amide bonds. The van der Waals surface area contributed by atoms with Crippen LogP contribution in [0.2, 0.25) is 0 Å². The lowest BCUT2D eigenvalue weighted by molar-refractivity contribution is 0.0660. The third kappa shape index (κ3) is 3.11. The Morgan fingerprint density at radius 1 is 1.32 bits per heavy atom. The van der Waals surface area contributed by atoms with E-state index in [0.717, 1.165) is 12.1 Å². The van der Waals surface area contributed by atoms with Crippen molar-refractivity contribution in [3.63, 3.8) is 0 Å². The number of hydrogen-bond donors (Lipinski definition) is 2. The molecule has 0 atom stereocenters. The largest absolute Gasteiger partial charge is 0.475 e. The molecule has 0 aliphatic carbocycles. The molecule has 0 bridgehead atoms. The van der Waals surface area contributed by atoms with E-state index in [1.54, 1.807) is 0 Å². The van der Waals surface area contributed by atoms with Gasteiger partial charge in [0.15, 0.2) is 0 Å². The summed E-state index contributed by atoms with van der Waals surface area (Å²) in [6.45, 7) is 0.0469. The van der Waals surface area contributed by atoms with E-state index in [-0.39, 0.29) is 22.5 Å². The summed E-state index contributed by atoms with van der Waals surface area (Å²) in [5.41, 5.74) is -0.0334. The summed E-state index contributed by atoms with van der Waals surface area (Å²) in [5, 5.41) is 11.3. The molecule has 100 valence electrons. The van der Waals surface area contributed by atoms with Crippen molar-refractivity contribution in [2.45, 2.75) is 6.54 Å². The maximum atomic E-state index is 13.5. The fourth-order valence-electron chi connectivity index (χ4n) is 1.43. The quantitative estimate of drug-likeness (QED) is 0.840. The van der Waals surface area contributed by atoms with Crippen molar-refractivity contribution in [3.05, 3.63) is 51.9 Å². The van der Waals surface area contributed by atoms with Gasteiger partial charge in [-0.1, -0.05) is 0 Å². The third-order valence-electron chi connectivity index (χ3n) is 2.34. The van der Waals surface area contributed by atoms with Gasteiger partial charge in [-0.3, -0.25) is 0 Å². The minimum atomic E-state index is -1.19. The molecule has 19 heavy (non-hydrogen) atoms. The minimum Gasteiger partial charge on any atom is -0.475 e. The zero-order chi connectivity index (χ0) is 14.0. The number of benzene rings is 1. The van der Waals surface area contributed by atoms with Crippen LogP contribution in [0.1, 0.15) is 16.3 Å². The molecule has 0 unspecified atom stereocenters. The van der Waals surface area contributed by atoms with Gasteiger partial charge in [0.05, 0.1) is 16.7 Å². The molecule has 7 heteroatoms. The van der Waals surface area contributed by atoms with E-state index < -0.39 is 17.6 Å². The van der Waals surface area contributed by atoms with Crippen molar-refractivity contribution in [3.8, 4) is 0 Å². The van der Waals surface area contributed by atoms with Crippen molar-refractivity contribution in [1.29, 1.82) is 0 Å². The molecule has 1 aromatic heterocycles. The Bertz CT molecular complexity index is 627. The molecule has 0 radical (unpaired) electrons. The Kier molecular flexibility index (Phi) is 3.84. The van der Waals surface area contributed by atoms with Gasteiger partial charge in [0.25, 0.3) is 0 Å². The molecule has 0 saturated heterocycles. The van der Waals surface area contributed by atoms with Crippen LogP contribution in [0.3, 0.4) is 0 Å². The number of aromatic carboxylic acids is 1. The zero-order valence-electron chi connectivity index (χ0n) is 9.41. The second-order valence-corrected chi connectivity index (χ2v) is 4.53. The number of carboxylic acids is 1. The Hall–Kier alpha value is -1.89. The lowest BCUT2D eigenvalue weighted by atomic mass is 10.3. The second kappa shape index (κ2) is 5.40. The Labute approximate surface area is 115 Å². The topological polar surface area (TPSA) is 62.5 Å². The van der Waals surface area contributed by atoms with Crippen LogP contribution in [-0.4, -0.2) is 11.1 Å². The Morgan fingerprint density at radius 2 is 2.05 bits per heavy atom. The van der Waals surface area contributed by atoms with Crippen molar-refractivity contribution >= 4 is 27.6 Å². The average Bonchev–Trinajstić information content (AvgIpc) is 2.81. The van der Waals surface area contributed by atoms with Crippen molar-refractivity contribution in [2.24, 2.45) is 0 Å². The minimum absolute atomic E-state index is 0.0294. The van der Waals surface area contributed by atoms with Crippen molar-refractivity contribution in [1.82, 2.24) is 0 Å². The first-order valence-corrected chi connectivity index (χ1v) is 5.97. The molecule has 0 saturated carbocycles. The van der Waals surface area contributed by atoms with E-state index in [1.165, 1.54) is 12.1 Å². The number of furan rings is 1.